The van der Waals surface area contributed by atoms with Crippen molar-refractivity contribution >= 4 is 17.4 Å². The van der Waals surface area contributed by atoms with E-state index in [4.69, 9.17) is 16.3 Å². The van der Waals surface area contributed by atoms with E-state index in [0.717, 1.165) is 5.56 Å². The molecule has 1 aromatic carbocycles. The van der Waals surface area contributed by atoms with E-state index < -0.39 is 5.60 Å². The summed E-state index contributed by atoms with van der Waals surface area (Å²) < 4.78 is 5.52. The minimum Gasteiger partial charge on any atom is -0.490 e. The first-order valence-electron chi connectivity index (χ1n) is 4.73. The van der Waals surface area contributed by atoms with Crippen LogP contribution in [0.3, 0.4) is 0 Å². The molecule has 0 saturated heterocycles. The molecular weight excluding hydrogens is 212 g/mol. The predicted molar refractivity (Wildman–Crippen MR) is 58.7 cm³/mol. The smallest absolute Gasteiger partial charge is 0.163 e. The fraction of sp³-hybridized carbons (Fsp3) is 0.250. The van der Waals surface area contributed by atoms with E-state index >= 15 is 0 Å². The van der Waals surface area contributed by atoms with Gasteiger partial charge >= 0.3 is 0 Å². The third-order valence-corrected chi connectivity index (χ3v) is 2.80. The van der Waals surface area contributed by atoms with Gasteiger partial charge in [-0.05, 0) is 24.6 Å². The van der Waals surface area contributed by atoms with E-state index in [2.05, 4.69) is 0 Å². The number of benzene rings is 1. The van der Waals surface area contributed by atoms with Crippen molar-refractivity contribution in [3.05, 3.63) is 47.2 Å². The predicted octanol–water partition coefficient (Wildman–Crippen LogP) is 3.06. The highest BCUT2D eigenvalue weighted by atomic mass is 35.5. The second kappa shape index (κ2) is 3.70. The van der Waals surface area contributed by atoms with Crippen molar-refractivity contribution in [3.8, 4) is 0 Å². The minimum atomic E-state index is -0.559. The van der Waals surface area contributed by atoms with E-state index in [1.807, 2.05) is 19.1 Å². The minimum absolute atomic E-state index is 0.0821. The SMILES string of the molecule is CC1(c2ccc(Cl)cc2)CC(=O)C=CO1. The van der Waals surface area contributed by atoms with Crippen molar-refractivity contribution in [3.63, 3.8) is 0 Å². The van der Waals surface area contributed by atoms with Gasteiger partial charge < -0.3 is 4.74 Å². The van der Waals surface area contributed by atoms with E-state index in [9.17, 15) is 4.79 Å². The number of carbonyl (C=O) groups excluding carboxylic acids is 1. The molecule has 0 radical (unpaired) electrons. The zero-order chi connectivity index (χ0) is 10.9. The number of rotatable bonds is 1. The number of allylic oxidation sites excluding steroid dienone is 1. The van der Waals surface area contributed by atoms with Crippen LogP contribution in [-0.2, 0) is 15.1 Å². The number of hydrogen-bond donors (Lipinski definition) is 0. The average molecular weight is 223 g/mol. The molecule has 0 aliphatic carbocycles. The maximum absolute atomic E-state index is 11.3. The summed E-state index contributed by atoms with van der Waals surface area (Å²) in [5.41, 5.74) is 0.403. The molecule has 2 nitrogen and oxygen atoms in total. The van der Waals surface area contributed by atoms with Gasteiger partial charge in [0.05, 0.1) is 12.7 Å². The molecule has 2 rings (SSSR count). The monoisotopic (exact) mass is 222 g/mol. The largest absolute Gasteiger partial charge is 0.490 e. The van der Waals surface area contributed by atoms with Crippen molar-refractivity contribution in [2.24, 2.45) is 0 Å². The molecule has 0 spiro atoms. The molecule has 0 amide bonds. The quantitative estimate of drug-likeness (QED) is 0.730. The molecule has 0 bridgehead atoms. The van der Waals surface area contributed by atoms with Crippen LogP contribution in [-0.4, -0.2) is 5.78 Å². The Morgan fingerprint density at radius 1 is 1.33 bits per heavy atom. The molecule has 1 heterocycles. The van der Waals surface area contributed by atoms with Crippen LogP contribution in [0.2, 0.25) is 5.02 Å². The molecule has 0 saturated carbocycles. The van der Waals surface area contributed by atoms with Gasteiger partial charge in [0, 0.05) is 11.1 Å². The summed E-state index contributed by atoms with van der Waals surface area (Å²) in [5.74, 6) is 0.0821. The zero-order valence-corrected chi connectivity index (χ0v) is 9.12. The highest BCUT2D eigenvalue weighted by Gasteiger charge is 2.32. The number of hydrogen-bond acceptors (Lipinski definition) is 2. The number of ketones is 1. The topological polar surface area (TPSA) is 26.3 Å². The van der Waals surface area contributed by atoms with E-state index in [1.165, 1.54) is 12.3 Å². The molecule has 1 aliphatic heterocycles. The number of carbonyl (C=O) groups is 1. The van der Waals surface area contributed by atoms with E-state index in [0.29, 0.717) is 11.4 Å². The summed E-state index contributed by atoms with van der Waals surface area (Å²) in [6, 6.07) is 7.37. The Balaban J connectivity index is 2.33. The van der Waals surface area contributed by atoms with Crippen LogP contribution in [0.15, 0.2) is 36.6 Å². The van der Waals surface area contributed by atoms with Gasteiger partial charge in [0.15, 0.2) is 5.78 Å². The van der Waals surface area contributed by atoms with Gasteiger partial charge in [-0.25, -0.2) is 0 Å². The molecule has 0 fully saturated rings. The van der Waals surface area contributed by atoms with Crippen molar-refractivity contribution < 1.29 is 9.53 Å². The Labute approximate surface area is 93.5 Å². The standard InChI is InChI=1S/C12H11ClO2/c1-12(8-11(14)6-7-15-12)9-2-4-10(13)5-3-9/h2-7H,8H2,1H3. The first-order valence-corrected chi connectivity index (χ1v) is 5.11. The molecule has 1 aliphatic rings. The number of halogens is 1. The second-order valence-corrected chi connectivity index (χ2v) is 4.24. The van der Waals surface area contributed by atoms with Crippen LogP contribution in [0.25, 0.3) is 0 Å². The summed E-state index contributed by atoms with van der Waals surface area (Å²) in [4.78, 5) is 11.3. The third kappa shape index (κ3) is 2.05. The third-order valence-electron chi connectivity index (χ3n) is 2.55. The van der Waals surface area contributed by atoms with Crippen LogP contribution in [0, 0.1) is 0 Å². The summed E-state index contributed by atoms with van der Waals surface area (Å²) >= 11 is 5.80. The van der Waals surface area contributed by atoms with Gasteiger partial charge in [-0.2, -0.15) is 0 Å². The summed E-state index contributed by atoms with van der Waals surface area (Å²) in [7, 11) is 0. The lowest BCUT2D eigenvalue weighted by Crippen LogP contribution is -2.29. The van der Waals surface area contributed by atoms with Gasteiger partial charge in [-0.3, -0.25) is 4.79 Å². The van der Waals surface area contributed by atoms with Gasteiger partial charge in [-0.15, -0.1) is 0 Å². The lowest BCUT2D eigenvalue weighted by molar-refractivity contribution is -0.122. The Kier molecular flexibility index (Phi) is 2.53. The molecule has 1 atom stereocenters. The normalized spacial score (nSPS) is 25.1. The van der Waals surface area contributed by atoms with Gasteiger partial charge in [0.1, 0.15) is 5.60 Å². The molecule has 0 aromatic heterocycles. The summed E-state index contributed by atoms with van der Waals surface area (Å²) in [5, 5.41) is 0.681. The van der Waals surface area contributed by atoms with Gasteiger partial charge in [0.2, 0.25) is 0 Å². The van der Waals surface area contributed by atoms with E-state index in [1.54, 1.807) is 12.1 Å². The number of ether oxygens (including phenoxy) is 1. The van der Waals surface area contributed by atoms with Gasteiger partial charge in [0.25, 0.3) is 0 Å². The first-order chi connectivity index (χ1) is 7.10. The van der Waals surface area contributed by atoms with Crippen molar-refractivity contribution in [1.29, 1.82) is 0 Å². The Morgan fingerprint density at radius 2 is 2.00 bits per heavy atom. The van der Waals surface area contributed by atoms with Crippen molar-refractivity contribution in [2.75, 3.05) is 0 Å². The molecule has 78 valence electrons. The van der Waals surface area contributed by atoms with Crippen molar-refractivity contribution in [2.45, 2.75) is 18.9 Å². The Hall–Kier alpha value is -1.28. The summed E-state index contributed by atoms with van der Waals surface area (Å²) in [6.45, 7) is 1.90. The molecular formula is C12H11ClO2. The van der Waals surface area contributed by atoms with Crippen molar-refractivity contribution in [1.82, 2.24) is 0 Å². The van der Waals surface area contributed by atoms with Crippen LogP contribution in [0.1, 0.15) is 18.9 Å². The average Bonchev–Trinajstić information content (AvgIpc) is 2.18. The van der Waals surface area contributed by atoms with Crippen LogP contribution < -0.4 is 0 Å². The fourth-order valence-electron chi connectivity index (χ4n) is 1.67. The molecule has 1 aromatic rings. The Bertz CT molecular complexity index is 408. The highest BCUT2D eigenvalue weighted by Crippen LogP contribution is 2.32. The highest BCUT2D eigenvalue weighted by molar-refractivity contribution is 6.30. The Morgan fingerprint density at radius 3 is 2.60 bits per heavy atom. The zero-order valence-electron chi connectivity index (χ0n) is 8.37. The molecule has 3 heteroatoms. The lowest BCUT2D eigenvalue weighted by Gasteiger charge is -2.31. The van der Waals surface area contributed by atoms with Gasteiger partial charge in [-0.1, -0.05) is 23.7 Å². The summed E-state index contributed by atoms with van der Waals surface area (Å²) in [6.07, 6.45) is 3.28. The van der Waals surface area contributed by atoms with Crippen LogP contribution >= 0.6 is 11.6 Å². The first kappa shape index (κ1) is 10.2. The molecule has 1 unspecified atom stereocenters. The second-order valence-electron chi connectivity index (χ2n) is 3.80. The maximum Gasteiger partial charge on any atom is 0.163 e. The van der Waals surface area contributed by atoms with E-state index in [-0.39, 0.29) is 5.78 Å². The maximum atomic E-state index is 11.3. The fourth-order valence-corrected chi connectivity index (χ4v) is 1.79. The van der Waals surface area contributed by atoms with Crippen LogP contribution in [0.4, 0.5) is 0 Å². The van der Waals surface area contributed by atoms with Crippen LogP contribution in [0.5, 0.6) is 0 Å². The lowest BCUT2D eigenvalue weighted by atomic mass is 9.89. The molecule has 15 heavy (non-hydrogen) atoms. The molecule has 0 N–H and O–H groups in total.